The molecule has 8 nitrogen and oxygen atoms in total. The van der Waals surface area contributed by atoms with E-state index in [1.165, 1.54) is 22.7 Å². The molecule has 0 atom stereocenters. The number of sulfonamides is 1. The second-order valence-corrected chi connectivity index (χ2v) is 9.74. The van der Waals surface area contributed by atoms with Gasteiger partial charge in [-0.2, -0.15) is 4.31 Å². The van der Waals surface area contributed by atoms with Gasteiger partial charge in [0.25, 0.3) is 0 Å². The molecule has 0 bridgehead atoms. The molecular weight excluding hydrogens is 447 g/mol. The maximum absolute atomic E-state index is 13.1. The summed E-state index contributed by atoms with van der Waals surface area (Å²) >= 11 is 0. The van der Waals surface area contributed by atoms with Crippen molar-refractivity contribution in [2.24, 2.45) is 0 Å². The van der Waals surface area contributed by atoms with E-state index in [0.717, 1.165) is 11.1 Å². The first-order valence-corrected chi connectivity index (χ1v) is 12.1. The van der Waals surface area contributed by atoms with Crippen LogP contribution in [0.4, 0.5) is 10.2 Å². The third kappa shape index (κ3) is 5.29. The monoisotopic (exact) mass is 470 g/mol. The highest BCUT2D eigenvalue weighted by molar-refractivity contribution is 7.88. The number of H-pyrrole nitrogens is 1. The van der Waals surface area contributed by atoms with Gasteiger partial charge < -0.3 is 15.0 Å². The number of carbonyl (C=O) groups is 1. The van der Waals surface area contributed by atoms with Crippen LogP contribution in [0, 0.1) is 5.82 Å². The smallest absolute Gasteiger partial charge is 0.339 e. The number of aromatic carboxylic acids is 1. The first kappa shape index (κ1) is 22.7. The van der Waals surface area contributed by atoms with Crippen molar-refractivity contribution < 1.29 is 22.7 Å². The van der Waals surface area contributed by atoms with E-state index < -0.39 is 16.0 Å². The Morgan fingerprint density at radius 1 is 1.09 bits per heavy atom. The average Bonchev–Trinajstić information content (AvgIpc) is 3.24. The molecule has 3 heterocycles. The fourth-order valence-electron chi connectivity index (χ4n) is 3.72. The van der Waals surface area contributed by atoms with Crippen LogP contribution in [0.5, 0.6) is 0 Å². The van der Waals surface area contributed by atoms with E-state index in [4.69, 9.17) is 0 Å². The zero-order valence-corrected chi connectivity index (χ0v) is 18.7. The number of carboxylic acid groups (broad SMARTS) is 1. The molecule has 0 radical (unpaired) electrons. The molecule has 1 aliphatic heterocycles. The molecule has 3 aromatic rings. The quantitative estimate of drug-likeness (QED) is 0.573. The van der Waals surface area contributed by atoms with E-state index >= 15 is 0 Å². The number of pyridine rings is 1. The van der Waals surface area contributed by atoms with Crippen LogP contribution >= 0.6 is 0 Å². The maximum atomic E-state index is 13.1. The summed E-state index contributed by atoms with van der Waals surface area (Å²) in [6, 6.07) is 11.3. The molecule has 0 spiro atoms. The third-order valence-electron chi connectivity index (χ3n) is 5.46. The highest BCUT2D eigenvalue weighted by Crippen LogP contribution is 2.29. The Balaban J connectivity index is 1.58. The first-order valence-electron chi connectivity index (χ1n) is 10.3. The van der Waals surface area contributed by atoms with Gasteiger partial charge in [0.1, 0.15) is 17.2 Å². The van der Waals surface area contributed by atoms with Crippen molar-refractivity contribution in [2.45, 2.75) is 0 Å². The van der Waals surface area contributed by atoms with Crippen molar-refractivity contribution in [3.63, 3.8) is 0 Å². The lowest BCUT2D eigenvalue weighted by molar-refractivity contribution is 0.0697. The number of anilines is 1. The van der Waals surface area contributed by atoms with Gasteiger partial charge in [-0.1, -0.05) is 18.2 Å². The van der Waals surface area contributed by atoms with Gasteiger partial charge in [-0.3, -0.25) is 4.98 Å². The van der Waals surface area contributed by atoms with E-state index in [-0.39, 0.29) is 11.4 Å². The van der Waals surface area contributed by atoms with Crippen LogP contribution in [-0.2, 0) is 10.0 Å². The van der Waals surface area contributed by atoms with Gasteiger partial charge >= 0.3 is 5.97 Å². The summed E-state index contributed by atoms with van der Waals surface area (Å²) in [4.78, 5) is 21.2. The summed E-state index contributed by atoms with van der Waals surface area (Å²) in [6.07, 6.45) is 6.41. The topological polar surface area (TPSA) is 107 Å². The predicted octanol–water partition coefficient (Wildman–Crippen LogP) is 3.17. The zero-order valence-electron chi connectivity index (χ0n) is 17.9. The Labute approximate surface area is 191 Å². The molecule has 0 unspecified atom stereocenters. The molecule has 33 heavy (non-hydrogen) atoms. The van der Waals surface area contributed by atoms with Crippen LogP contribution < -0.4 is 4.90 Å². The van der Waals surface area contributed by atoms with Gasteiger partial charge in [0.15, 0.2) is 0 Å². The Kier molecular flexibility index (Phi) is 6.30. The van der Waals surface area contributed by atoms with Gasteiger partial charge in [0, 0.05) is 43.6 Å². The van der Waals surface area contributed by atoms with E-state index in [0.29, 0.717) is 43.4 Å². The Hall–Kier alpha value is -3.50. The van der Waals surface area contributed by atoms with Crippen LogP contribution in [0.25, 0.3) is 23.4 Å². The number of carboxylic acids is 1. The van der Waals surface area contributed by atoms with Crippen molar-refractivity contribution in [3.05, 3.63) is 71.3 Å². The number of aromatic nitrogens is 2. The van der Waals surface area contributed by atoms with Crippen LogP contribution in [-0.4, -0.2) is 66.2 Å². The molecule has 2 N–H and O–H groups in total. The summed E-state index contributed by atoms with van der Waals surface area (Å²) in [5, 5.41) is 9.72. The number of piperazine rings is 1. The first-order chi connectivity index (χ1) is 15.7. The Bertz CT molecular complexity index is 1290. The third-order valence-corrected chi connectivity index (χ3v) is 6.76. The minimum absolute atomic E-state index is 0.123. The highest BCUT2D eigenvalue weighted by Gasteiger charge is 2.27. The summed E-state index contributed by atoms with van der Waals surface area (Å²) in [6.45, 7) is 1.35. The Morgan fingerprint density at radius 3 is 2.42 bits per heavy atom. The molecule has 1 fully saturated rings. The van der Waals surface area contributed by atoms with E-state index in [9.17, 15) is 22.7 Å². The fraction of sp³-hybridized carbons (Fsp3) is 0.217. The van der Waals surface area contributed by atoms with E-state index in [2.05, 4.69) is 9.97 Å². The number of hydrogen-bond donors (Lipinski definition) is 2. The van der Waals surface area contributed by atoms with Crippen molar-refractivity contribution in [2.75, 3.05) is 37.3 Å². The SMILES string of the molecule is CS(=O)(=O)N1CCN(c2[nH]c(-c3ccnc(/C=C/c4ccc(F)cc4)c3)cc2C(=O)O)CC1. The molecule has 1 saturated heterocycles. The van der Waals surface area contributed by atoms with Crippen LogP contribution in [0.1, 0.15) is 21.6 Å². The van der Waals surface area contributed by atoms with Gasteiger partial charge in [-0.25, -0.2) is 17.6 Å². The summed E-state index contributed by atoms with van der Waals surface area (Å²) in [7, 11) is -3.28. The van der Waals surface area contributed by atoms with Crippen molar-refractivity contribution in [3.8, 4) is 11.3 Å². The normalized spacial score (nSPS) is 15.3. The minimum atomic E-state index is -3.28. The van der Waals surface area contributed by atoms with Crippen molar-refractivity contribution in [1.82, 2.24) is 14.3 Å². The largest absolute Gasteiger partial charge is 0.478 e. The molecule has 172 valence electrons. The van der Waals surface area contributed by atoms with Crippen molar-refractivity contribution in [1.29, 1.82) is 0 Å². The van der Waals surface area contributed by atoms with Gasteiger partial charge in [0.2, 0.25) is 10.0 Å². The molecule has 4 rings (SSSR count). The number of nitrogens with zero attached hydrogens (tertiary/aromatic N) is 3. The number of rotatable bonds is 6. The van der Waals surface area contributed by atoms with Crippen LogP contribution in [0.2, 0.25) is 0 Å². The van der Waals surface area contributed by atoms with E-state index in [1.807, 2.05) is 17.0 Å². The number of nitrogens with one attached hydrogen (secondary N) is 1. The zero-order chi connectivity index (χ0) is 23.6. The van der Waals surface area contributed by atoms with Gasteiger partial charge in [0.05, 0.1) is 11.9 Å². The lowest BCUT2D eigenvalue weighted by Gasteiger charge is -2.34. The second kappa shape index (κ2) is 9.16. The van der Waals surface area contributed by atoms with Crippen LogP contribution in [0.15, 0.2) is 48.7 Å². The molecule has 0 aliphatic carbocycles. The predicted molar refractivity (Wildman–Crippen MR) is 125 cm³/mol. The van der Waals surface area contributed by atoms with Gasteiger partial charge in [-0.15, -0.1) is 0 Å². The number of benzene rings is 1. The maximum Gasteiger partial charge on any atom is 0.339 e. The summed E-state index contributed by atoms with van der Waals surface area (Å²) in [5.41, 5.74) is 2.98. The molecule has 2 aromatic heterocycles. The fourth-order valence-corrected chi connectivity index (χ4v) is 4.54. The summed E-state index contributed by atoms with van der Waals surface area (Å²) < 4.78 is 38.0. The Morgan fingerprint density at radius 2 is 1.79 bits per heavy atom. The molecule has 1 aromatic carbocycles. The highest BCUT2D eigenvalue weighted by atomic mass is 32.2. The minimum Gasteiger partial charge on any atom is -0.478 e. The number of halogens is 1. The summed E-state index contributed by atoms with van der Waals surface area (Å²) in [5.74, 6) is -0.920. The lowest BCUT2D eigenvalue weighted by atomic mass is 10.1. The molecule has 0 amide bonds. The number of hydrogen-bond acceptors (Lipinski definition) is 5. The molecule has 10 heteroatoms. The number of aromatic amines is 1. The lowest BCUT2D eigenvalue weighted by Crippen LogP contribution is -2.48. The second-order valence-electron chi connectivity index (χ2n) is 7.75. The average molecular weight is 471 g/mol. The van der Waals surface area contributed by atoms with Gasteiger partial charge in [-0.05, 0) is 42.0 Å². The van der Waals surface area contributed by atoms with Crippen LogP contribution in [0.3, 0.4) is 0 Å². The molecular formula is C23H23FN4O4S. The van der Waals surface area contributed by atoms with E-state index in [1.54, 1.807) is 36.5 Å². The van der Waals surface area contributed by atoms with Crippen molar-refractivity contribution >= 4 is 34.0 Å². The standard InChI is InChI=1S/C23H23FN4O4S/c1-33(31,32)28-12-10-27(11-13-28)22-20(23(29)30)15-21(26-22)17-8-9-25-19(14-17)7-4-16-2-5-18(24)6-3-16/h2-9,14-15,26H,10-13H2,1H3,(H,29,30)/b7-4+. The molecule has 0 saturated carbocycles. The molecule has 1 aliphatic rings.